The van der Waals surface area contributed by atoms with E-state index in [9.17, 15) is 18.7 Å². The summed E-state index contributed by atoms with van der Waals surface area (Å²) < 4.78 is 24.2. The van der Waals surface area contributed by atoms with Gasteiger partial charge in [0.15, 0.2) is 0 Å². The Bertz CT molecular complexity index is 513. The molecule has 0 spiro atoms. The highest BCUT2D eigenvalue weighted by molar-refractivity contribution is 7.84. The smallest absolute Gasteiger partial charge is 0.295 e. The summed E-state index contributed by atoms with van der Waals surface area (Å²) in [5, 5.41) is 13.5. The molecule has 19 heavy (non-hydrogen) atoms. The quantitative estimate of drug-likeness (QED) is 0.648. The predicted molar refractivity (Wildman–Crippen MR) is 74.7 cm³/mol. The minimum atomic E-state index is -0.926. The summed E-state index contributed by atoms with van der Waals surface area (Å²) >= 11 is 5.62. The van der Waals surface area contributed by atoms with E-state index in [-0.39, 0.29) is 22.4 Å². The second-order valence-corrected chi connectivity index (χ2v) is 6.11. The van der Waals surface area contributed by atoms with Crippen LogP contribution in [0.5, 0.6) is 0 Å². The molecule has 2 atom stereocenters. The first kappa shape index (κ1) is 15.8. The van der Waals surface area contributed by atoms with Gasteiger partial charge in [-0.15, -0.1) is 0 Å². The van der Waals surface area contributed by atoms with Gasteiger partial charge in [0.05, 0.1) is 16.0 Å². The third-order valence-electron chi connectivity index (χ3n) is 2.48. The molecular formula is C11H14ClFN2O3S. The lowest BCUT2D eigenvalue weighted by Gasteiger charge is -2.15. The van der Waals surface area contributed by atoms with E-state index in [1.807, 2.05) is 0 Å². The lowest BCUT2D eigenvalue weighted by molar-refractivity contribution is -0.384. The van der Waals surface area contributed by atoms with E-state index in [2.05, 4.69) is 5.32 Å². The normalized spacial score (nSPS) is 13.9. The summed E-state index contributed by atoms with van der Waals surface area (Å²) in [5.41, 5.74) is -0.211. The molecule has 0 aliphatic rings. The molecule has 0 heterocycles. The van der Waals surface area contributed by atoms with Gasteiger partial charge in [-0.1, -0.05) is 11.6 Å². The molecule has 0 bridgehead atoms. The first-order valence-corrected chi connectivity index (χ1v) is 7.61. The van der Waals surface area contributed by atoms with Crippen LogP contribution in [0.2, 0.25) is 5.02 Å². The Hall–Kier alpha value is -1.21. The third-order valence-corrected chi connectivity index (χ3v) is 3.58. The van der Waals surface area contributed by atoms with Gasteiger partial charge in [-0.3, -0.25) is 14.3 Å². The van der Waals surface area contributed by atoms with E-state index < -0.39 is 21.5 Å². The van der Waals surface area contributed by atoms with Crippen LogP contribution in [0.1, 0.15) is 13.3 Å². The molecule has 1 N–H and O–H groups in total. The fourth-order valence-corrected chi connectivity index (χ4v) is 2.33. The molecule has 0 amide bonds. The molecular weight excluding hydrogens is 295 g/mol. The summed E-state index contributed by atoms with van der Waals surface area (Å²) in [4.78, 5) is 10.2. The van der Waals surface area contributed by atoms with Gasteiger partial charge in [-0.25, -0.2) is 4.39 Å². The van der Waals surface area contributed by atoms with Crippen LogP contribution in [0, 0.1) is 15.9 Å². The van der Waals surface area contributed by atoms with Crippen molar-refractivity contribution >= 4 is 33.8 Å². The number of nitrogens with one attached hydrogen (secondary N) is 1. The molecule has 0 aromatic heterocycles. The van der Waals surface area contributed by atoms with E-state index in [0.717, 1.165) is 6.07 Å². The second-order valence-electron chi connectivity index (χ2n) is 4.15. The molecule has 1 aromatic carbocycles. The van der Waals surface area contributed by atoms with Gasteiger partial charge in [0.1, 0.15) is 11.5 Å². The largest absolute Gasteiger partial charge is 0.377 e. The summed E-state index contributed by atoms with van der Waals surface area (Å²) in [6.45, 7) is 1.80. The molecule has 1 rings (SSSR count). The lowest BCUT2D eigenvalue weighted by Crippen LogP contribution is -2.18. The van der Waals surface area contributed by atoms with Crippen LogP contribution in [-0.4, -0.2) is 27.2 Å². The van der Waals surface area contributed by atoms with Crippen molar-refractivity contribution in [3.63, 3.8) is 0 Å². The number of nitro groups is 1. The van der Waals surface area contributed by atoms with Crippen molar-refractivity contribution in [1.29, 1.82) is 0 Å². The monoisotopic (exact) mass is 308 g/mol. The van der Waals surface area contributed by atoms with E-state index in [1.54, 1.807) is 13.2 Å². The Morgan fingerprint density at radius 1 is 1.58 bits per heavy atom. The average molecular weight is 309 g/mol. The molecule has 0 radical (unpaired) electrons. The minimum Gasteiger partial charge on any atom is -0.377 e. The van der Waals surface area contributed by atoms with Gasteiger partial charge in [-0.05, 0) is 19.4 Å². The van der Waals surface area contributed by atoms with E-state index >= 15 is 0 Å². The maximum atomic E-state index is 13.2. The van der Waals surface area contributed by atoms with Crippen molar-refractivity contribution in [2.75, 3.05) is 17.3 Å². The highest BCUT2D eigenvalue weighted by Crippen LogP contribution is 2.30. The first-order valence-electron chi connectivity index (χ1n) is 5.51. The molecule has 5 nitrogen and oxygen atoms in total. The number of hydrogen-bond donors (Lipinski definition) is 1. The zero-order valence-corrected chi connectivity index (χ0v) is 12.1. The van der Waals surface area contributed by atoms with Crippen LogP contribution in [0.4, 0.5) is 15.8 Å². The second kappa shape index (κ2) is 6.81. The van der Waals surface area contributed by atoms with E-state index in [4.69, 9.17) is 11.6 Å². The predicted octanol–water partition coefficient (Wildman–Crippen LogP) is 2.96. The fraction of sp³-hybridized carbons (Fsp3) is 0.455. The van der Waals surface area contributed by atoms with Crippen molar-refractivity contribution in [3.8, 4) is 0 Å². The maximum Gasteiger partial charge on any atom is 0.295 e. The van der Waals surface area contributed by atoms with Crippen LogP contribution >= 0.6 is 11.6 Å². The Kier molecular flexibility index (Phi) is 5.68. The number of benzene rings is 1. The number of nitro benzene ring substituents is 1. The number of hydrogen-bond acceptors (Lipinski definition) is 4. The maximum absolute atomic E-state index is 13.2. The van der Waals surface area contributed by atoms with Crippen molar-refractivity contribution in [3.05, 3.63) is 33.1 Å². The van der Waals surface area contributed by atoms with E-state index in [0.29, 0.717) is 12.2 Å². The molecule has 8 heteroatoms. The van der Waals surface area contributed by atoms with Crippen LogP contribution in [0.15, 0.2) is 12.1 Å². The van der Waals surface area contributed by atoms with E-state index in [1.165, 1.54) is 6.07 Å². The molecule has 0 saturated carbocycles. The van der Waals surface area contributed by atoms with Gasteiger partial charge in [0.25, 0.3) is 5.69 Å². The van der Waals surface area contributed by atoms with Crippen molar-refractivity contribution in [2.24, 2.45) is 0 Å². The Balaban J connectivity index is 2.90. The Labute approximate surface area is 117 Å². The van der Waals surface area contributed by atoms with Gasteiger partial charge in [0.2, 0.25) is 0 Å². The van der Waals surface area contributed by atoms with Crippen molar-refractivity contribution in [2.45, 2.75) is 19.4 Å². The molecule has 1 aromatic rings. The fourth-order valence-electron chi connectivity index (χ4n) is 1.48. The van der Waals surface area contributed by atoms with Crippen LogP contribution in [0.3, 0.4) is 0 Å². The molecule has 0 aliphatic heterocycles. The summed E-state index contributed by atoms with van der Waals surface area (Å²) in [6, 6.07) is 1.84. The van der Waals surface area contributed by atoms with Crippen LogP contribution in [-0.2, 0) is 10.8 Å². The summed E-state index contributed by atoms with van der Waals surface area (Å²) in [7, 11) is -0.926. The number of rotatable bonds is 6. The third kappa shape index (κ3) is 4.76. The zero-order valence-electron chi connectivity index (χ0n) is 10.5. The average Bonchev–Trinajstić information content (AvgIpc) is 2.30. The SMILES string of the molecule is CC(CCS(C)=O)Nc1cc(Cl)c(F)cc1[N+](=O)[O-]. The highest BCUT2D eigenvalue weighted by Gasteiger charge is 2.19. The van der Waals surface area contributed by atoms with Gasteiger partial charge < -0.3 is 5.32 Å². The first-order chi connectivity index (χ1) is 8.81. The Morgan fingerprint density at radius 3 is 2.74 bits per heavy atom. The highest BCUT2D eigenvalue weighted by atomic mass is 35.5. The molecule has 106 valence electrons. The topological polar surface area (TPSA) is 72.2 Å². The number of anilines is 1. The molecule has 0 fully saturated rings. The van der Waals surface area contributed by atoms with Crippen LogP contribution < -0.4 is 5.32 Å². The zero-order chi connectivity index (χ0) is 14.6. The van der Waals surface area contributed by atoms with Gasteiger partial charge in [-0.2, -0.15) is 0 Å². The van der Waals surface area contributed by atoms with Crippen molar-refractivity contribution < 1.29 is 13.5 Å². The molecule has 2 unspecified atom stereocenters. The van der Waals surface area contributed by atoms with Crippen LogP contribution in [0.25, 0.3) is 0 Å². The van der Waals surface area contributed by atoms with Gasteiger partial charge in [0, 0.05) is 28.9 Å². The standard InChI is InChI=1S/C11H14ClFN2O3S/c1-7(3-4-19(2)18)14-10-5-8(12)9(13)6-11(10)15(16)17/h5-7,14H,3-4H2,1-2H3. The number of halogens is 2. The Morgan fingerprint density at radius 2 is 2.21 bits per heavy atom. The minimum absolute atomic E-state index is 0.135. The summed E-state index contributed by atoms with van der Waals surface area (Å²) in [6.07, 6.45) is 2.17. The van der Waals surface area contributed by atoms with Crippen molar-refractivity contribution in [1.82, 2.24) is 0 Å². The van der Waals surface area contributed by atoms with Gasteiger partial charge >= 0.3 is 0 Å². The summed E-state index contributed by atoms with van der Waals surface area (Å²) in [5.74, 6) is -0.349. The molecule has 0 saturated heterocycles. The lowest BCUT2D eigenvalue weighted by atomic mass is 10.2. The number of nitrogens with zero attached hydrogens (tertiary/aromatic N) is 1. The molecule has 0 aliphatic carbocycles.